The minimum atomic E-state index is -1.11. The minimum Gasteiger partial charge on any atom is -0.489 e. The monoisotopic (exact) mass is 508 g/mol. The molecule has 0 saturated heterocycles. The summed E-state index contributed by atoms with van der Waals surface area (Å²) in [6.07, 6.45) is -0.264. The molecule has 3 rings (SSSR count). The molecule has 0 bridgehead atoms. The first-order valence-electron chi connectivity index (χ1n) is 11.6. The number of rotatable bonds is 9. The molecule has 190 valence electrons. The number of carbonyl (C=O) groups excluding carboxylic acids is 3. The van der Waals surface area contributed by atoms with Crippen LogP contribution in [0, 0.1) is 13.8 Å². The van der Waals surface area contributed by atoms with E-state index in [1.807, 2.05) is 44.2 Å². The molecule has 8 heteroatoms. The molecule has 0 aliphatic heterocycles. The highest BCUT2D eigenvalue weighted by molar-refractivity contribution is 7.16. The molecule has 0 fully saturated rings. The first-order valence-corrected chi connectivity index (χ1v) is 12.5. The molecule has 1 aromatic heterocycles. The molecule has 7 nitrogen and oxygen atoms in total. The lowest BCUT2D eigenvalue weighted by Crippen LogP contribution is -2.39. The van der Waals surface area contributed by atoms with E-state index in [0.717, 1.165) is 16.0 Å². The second kappa shape index (κ2) is 11.5. The molecule has 0 unspecified atom stereocenters. The Labute approximate surface area is 215 Å². The number of nitrogens with one attached hydrogen (secondary N) is 1. The van der Waals surface area contributed by atoms with Gasteiger partial charge in [-0.2, -0.15) is 0 Å². The Balaban J connectivity index is 1.70. The number of hydrogen-bond donors (Lipinski definition) is 2. The fourth-order valence-corrected chi connectivity index (χ4v) is 4.50. The first-order chi connectivity index (χ1) is 16.9. The highest BCUT2D eigenvalue weighted by Gasteiger charge is 2.26. The molecule has 2 aromatic carbocycles. The lowest BCUT2D eigenvalue weighted by Gasteiger charge is -2.20. The van der Waals surface area contributed by atoms with E-state index in [4.69, 9.17) is 15.2 Å². The second-order valence-corrected chi connectivity index (χ2v) is 10.7. The zero-order chi connectivity index (χ0) is 26.5. The molecular weight excluding hydrogens is 476 g/mol. The van der Waals surface area contributed by atoms with Gasteiger partial charge in [0.2, 0.25) is 5.91 Å². The summed E-state index contributed by atoms with van der Waals surface area (Å²) in [6.45, 7) is 9.38. The summed E-state index contributed by atoms with van der Waals surface area (Å²) in [7, 11) is 0. The first kappa shape index (κ1) is 27.1. The Morgan fingerprint density at radius 3 is 2.25 bits per heavy atom. The Morgan fingerprint density at radius 2 is 1.64 bits per heavy atom. The lowest BCUT2D eigenvalue weighted by molar-refractivity contribution is -0.155. The maximum absolute atomic E-state index is 13.4. The van der Waals surface area contributed by atoms with Crippen LogP contribution in [0.5, 0.6) is 5.75 Å². The van der Waals surface area contributed by atoms with Crippen LogP contribution >= 0.6 is 11.3 Å². The fourth-order valence-electron chi connectivity index (χ4n) is 3.44. The van der Waals surface area contributed by atoms with Crippen LogP contribution in [0.2, 0.25) is 0 Å². The van der Waals surface area contributed by atoms with E-state index in [0.29, 0.717) is 28.5 Å². The molecule has 0 radical (unpaired) electrons. The van der Waals surface area contributed by atoms with Gasteiger partial charge >= 0.3 is 5.97 Å². The van der Waals surface area contributed by atoms with E-state index in [2.05, 4.69) is 5.32 Å². The molecule has 0 aliphatic carbocycles. The van der Waals surface area contributed by atoms with E-state index in [-0.39, 0.29) is 12.2 Å². The predicted octanol–water partition coefficient (Wildman–Crippen LogP) is 5.17. The number of aryl methyl sites for hydroxylation is 1. The molecule has 1 atom stereocenters. The van der Waals surface area contributed by atoms with Gasteiger partial charge in [-0.3, -0.25) is 14.4 Å². The van der Waals surface area contributed by atoms with Crippen LogP contribution in [0.15, 0.2) is 54.6 Å². The van der Waals surface area contributed by atoms with Gasteiger partial charge in [-0.25, -0.2) is 0 Å². The molecule has 1 heterocycles. The number of carbonyl (C=O) groups is 3. The fraction of sp³-hybridized carbons (Fsp3) is 0.321. The molecule has 3 N–H and O–H groups in total. The van der Waals surface area contributed by atoms with Crippen LogP contribution in [-0.2, 0) is 20.9 Å². The molecular formula is C28H32N2O5S. The highest BCUT2D eigenvalue weighted by atomic mass is 32.1. The Kier molecular flexibility index (Phi) is 8.66. The van der Waals surface area contributed by atoms with Crippen LogP contribution in [0.4, 0.5) is 5.00 Å². The predicted molar refractivity (Wildman–Crippen MR) is 142 cm³/mol. The number of benzene rings is 2. The average molecular weight is 509 g/mol. The van der Waals surface area contributed by atoms with Crippen molar-refractivity contribution in [1.29, 1.82) is 0 Å². The van der Waals surface area contributed by atoms with E-state index in [1.54, 1.807) is 45.0 Å². The number of ketones is 1. The van der Waals surface area contributed by atoms with Gasteiger partial charge in [0.15, 0.2) is 5.78 Å². The molecule has 0 aliphatic rings. The summed E-state index contributed by atoms with van der Waals surface area (Å²) >= 11 is 1.30. The van der Waals surface area contributed by atoms with Crippen molar-refractivity contribution < 1.29 is 23.9 Å². The lowest BCUT2D eigenvalue weighted by atomic mass is 10.0. The summed E-state index contributed by atoms with van der Waals surface area (Å²) < 4.78 is 11.1. The standard InChI is InChI=1S/C28H32N2O5S/c1-17-18(2)36-27(30-26(33)22(29)15-23(31)35-28(3,4)5)24(17)25(32)20-11-13-21(14-12-20)34-16-19-9-7-6-8-10-19/h6-14,22H,15-16,29H2,1-5H3,(H,30,33)/t22-/m0/s1. The SMILES string of the molecule is Cc1sc(NC(=O)[C@@H](N)CC(=O)OC(C)(C)C)c(C(=O)c2ccc(OCc3ccccc3)cc2)c1C. The Bertz CT molecular complexity index is 1230. The van der Waals surface area contributed by atoms with Crippen LogP contribution in [0.25, 0.3) is 0 Å². The zero-order valence-corrected chi connectivity index (χ0v) is 22.0. The van der Waals surface area contributed by atoms with Crippen molar-refractivity contribution in [3.63, 3.8) is 0 Å². The Morgan fingerprint density at radius 1 is 1.00 bits per heavy atom. The smallest absolute Gasteiger partial charge is 0.308 e. The van der Waals surface area contributed by atoms with Crippen molar-refractivity contribution in [3.05, 3.63) is 81.7 Å². The van der Waals surface area contributed by atoms with Gasteiger partial charge in [0.1, 0.15) is 23.0 Å². The number of anilines is 1. The summed E-state index contributed by atoms with van der Waals surface area (Å²) in [5.74, 6) is -0.687. The maximum Gasteiger partial charge on any atom is 0.308 e. The van der Waals surface area contributed by atoms with Crippen LogP contribution in [0.3, 0.4) is 0 Å². The number of ether oxygens (including phenoxy) is 2. The van der Waals surface area contributed by atoms with Gasteiger partial charge in [-0.05, 0) is 70.0 Å². The minimum absolute atomic E-state index is 0.220. The van der Waals surface area contributed by atoms with Crippen LogP contribution < -0.4 is 15.8 Å². The molecule has 3 aromatic rings. The van der Waals surface area contributed by atoms with Crippen LogP contribution in [-0.4, -0.2) is 29.3 Å². The van der Waals surface area contributed by atoms with Crippen molar-refractivity contribution in [3.8, 4) is 5.75 Å². The van der Waals surface area contributed by atoms with Gasteiger partial charge in [0.05, 0.1) is 18.0 Å². The zero-order valence-electron chi connectivity index (χ0n) is 21.2. The van der Waals surface area contributed by atoms with Crippen molar-refractivity contribution in [2.75, 3.05) is 5.32 Å². The third-order valence-electron chi connectivity index (χ3n) is 5.36. The Hall–Kier alpha value is -3.49. The van der Waals surface area contributed by atoms with E-state index < -0.39 is 23.5 Å². The van der Waals surface area contributed by atoms with Gasteiger partial charge < -0.3 is 20.5 Å². The van der Waals surface area contributed by atoms with Crippen molar-refractivity contribution in [2.24, 2.45) is 5.73 Å². The van der Waals surface area contributed by atoms with E-state index >= 15 is 0 Å². The topological polar surface area (TPSA) is 108 Å². The molecule has 36 heavy (non-hydrogen) atoms. The normalized spacial score (nSPS) is 12.1. The third kappa shape index (κ3) is 7.26. The summed E-state index contributed by atoms with van der Waals surface area (Å²) in [5.41, 5.74) is 7.99. The van der Waals surface area contributed by atoms with Gasteiger partial charge in [0, 0.05) is 10.4 Å². The van der Waals surface area contributed by atoms with E-state index in [1.165, 1.54) is 11.3 Å². The van der Waals surface area contributed by atoms with Gasteiger partial charge in [0.25, 0.3) is 0 Å². The summed E-state index contributed by atoms with van der Waals surface area (Å²) in [5, 5.41) is 3.15. The quantitative estimate of drug-likeness (QED) is 0.305. The largest absolute Gasteiger partial charge is 0.489 e. The number of hydrogen-bond acceptors (Lipinski definition) is 7. The van der Waals surface area contributed by atoms with Gasteiger partial charge in [-0.15, -0.1) is 11.3 Å². The number of thiophene rings is 1. The van der Waals surface area contributed by atoms with E-state index in [9.17, 15) is 14.4 Å². The van der Waals surface area contributed by atoms with Crippen molar-refractivity contribution in [2.45, 2.75) is 59.3 Å². The van der Waals surface area contributed by atoms with Crippen molar-refractivity contribution >= 4 is 34.0 Å². The highest BCUT2D eigenvalue weighted by Crippen LogP contribution is 2.34. The summed E-state index contributed by atoms with van der Waals surface area (Å²) in [6, 6.07) is 15.6. The average Bonchev–Trinajstić information content (AvgIpc) is 3.09. The molecule has 0 saturated carbocycles. The number of nitrogens with two attached hydrogens (primary N) is 1. The second-order valence-electron chi connectivity index (χ2n) is 9.50. The molecule has 0 spiro atoms. The maximum atomic E-state index is 13.4. The van der Waals surface area contributed by atoms with Crippen molar-refractivity contribution in [1.82, 2.24) is 0 Å². The summed E-state index contributed by atoms with van der Waals surface area (Å²) in [4.78, 5) is 39.1. The molecule has 1 amide bonds. The van der Waals surface area contributed by atoms with Crippen LogP contribution in [0.1, 0.15) is 59.1 Å². The number of esters is 1. The van der Waals surface area contributed by atoms with Gasteiger partial charge in [-0.1, -0.05) is 30.3 Å². The third-order valence-corrected chi connectivity index (χ3v) is 6.48. The number of amides is 1.